The van der Waals surface area contributed by atoms with Gasteiger partial charge >= 0.3 is 0 Å². The molecule has 10 heteroatoms. The molecular weight excluding hydrogens is 340 g/mol. The highest BCUT2D eigenvalue weighted by atomic mass is 32.2. The molecule has 0 saturated heterocycles. The minimum atomic E-state index is -3.66. The lowest BCUT2D eigenvalue weighted by molar-refractivity contribution is -0.116. The van der Waals surface area contributed by atoms with Gasteiger partial charge in [-0.2, -0.15) is 0 Å². The molecule has 2 aromatic rings. The number of carbonyl (C=O) groups excluding carboxylic acids is 1. The summed E-state index contributed by atoms with van der Waals surface area (Å²) in [5, 5.41) is 11.2. The second-order valence-electron chi connectivity index (χ2n) is 4.50. The van der Waals surface area contributed by atoms with E-state index >= 15 is 0 Å². The van der Waals surface area contributed by atoms with Crippen LogP contribution in [0.25, 0.3) is 0 Å². The maximum absolute atomic E-state index is 12.1. The summed E-state index contributed by atoms with van der Waals surface area (Å²) in [6.45, 7) is 1.76. The maximum Gasteiger partial charge on any atom is 0.240 e. The van der Waals surface area contributed by atoms with Gasteiger partial charge in [-0.3, -0.25) is 4.79 Å². The summed E-state index contributed by atoms with van der Waals surface area (Å²) in [7, 11) is -2.16. The van der Waals surface area contributed by atoms with Gasteiger partial charge in [-0.15, -0.1) is 10.2 Å². The first-order chi connectivity index (χ1) is 10.9. The van der Waals surface area contributed by atoms with E-state index < -0.39 is 10.0 Å². The molecule has 8 nitrogen and oxygen atoms in total. The van der Waals surface area contributed by atoms with Crippen molar-refractivity contribution in [1.29, 1.82) is 0 Å². The molecule has 0 radical (unpaired) electrons. The summed E-state index contributed by atoms with van der Waals surface area (Å²) in [6, 6.07) is 5.98. The Morgan fingerprint density at radius 3 is 2.52 bits per heavy atom. The van der Waals surface area contributed by atoms with Gasteiger partial charge < -0.3 is 10.1 Å². The number of amides is 1. The van der Waals surface area contributed by atoms with Crippen LogP contribution in [0.3, 0.4) is 0 Å². The number of aryl methyl sites for hydroxylation is 1. The molecule has 0 bridgehead atoms. The molecule has 2 rings (SSSR count). The summed E-state index contributed by atoms with van der Waals surface area (Å²) < 4.78 is 31.5. The number of hydrogen-bond acceptors (Lipinski definition) is 7. The molecule has 1 aromatic carbocycles. The van der Waals surface area contributed by atoms with Crippen LogP contribution in [0.15, 0.2) is 29.2 Å². The van der Waals surface area contributed by atoms with Crippen molar-refractivity contribution in [3.63, 3.8) is 0 Å². The quantitative estimate of drug-likeness (QED) is 0.770. The fourth-order valence-corrected chi connectivity index (χ4v) is 3.31. The molecule has 0 aliphatic carbocycles. The number of carbonyl (C=O) groups is 1. The number of methoxy groups -OCH3 is 1. The zero-order valence-electron chi connectivity index (χ0n) is 12.6. The number of hydrogen-bond donors (Lipinski definition) is 2. The maximum atomic E-state index is 12.1. The van der Waals surface area contributed by atoms with Crippen molar-refractivity contribution in [2.45, 2.75) is 18.2 Å². The van der Waals surface area contributed by atoms with Gasteiger partial charge in [-0.25, -0.2) is 13.1 Å². The fraction of sp³-hybridized carbons (Fsp3) is 0.308. The first-order valence-corrected chi connectivity index (χ1v) is 8.94. The average Bonchev–Trinajstić information content (AvgIpc) is 2.92. The van der Waals surface area contributed by atoms with E-state index in [0.29, 0.717) is 10.9 Å². The predicted octanol–water partition coefficient (Wildman–Crippen LogP) is 1.16. The van der Waals surface area contributed by atoms with E-state index in [-0.39, 0.29) is 23.8 Å². The van der Waals surface area contributed by atoms with E-state index in [4.69, 9.17) is 4.74 Å². The number of nitrogens with one attached hydrogen (secondary N) is 2. The van der Waals surface area contributed by atoms with Crippen LogP contribution in [-0.2, 0) is 14.8 Å². The van der Waals surface area contributed by atoms with E-state index in [0.717, 1.165) is 5.01 Å². The van der Waals surface area contributed by atoms with Crippen molar-refractivity contribution in [3.05, 3.63) is 29.3 Å². The molecule has 1 heterocycles. The first-order valence-electron chi connectivity index (χ1n) is 6.64. The molecule has 0 aliphatic rings. The smallest absolute Gasteiger partial charge is 0.240 e. The lowest BCUT2D eigenvalue weighted by atomic mass is 10.3. The summed E-state index contributed by atoms with van der Waals surface area (Å²) in [5.74, 6) is 0.231. The van der Waals surface area contributed by atoms with E-state index in [1.807, 2.05) is 0 Å². The van der Waals surface area contributed by atoms with Crippen molar-refractivity contribution in [2.24, 2.45) is 0 Å². The predicted molar refractivity (Wildman–Crippen MR) is 86.1 cm³/mol. The molecule has 0 aliphatic heterocycles. The Morgan fingerprint density at radius 1 is 1.26 bits per heavy atom. The largest absolute Gasteiger partial charge is 0.497 e. The van der Waals surface area contributed by atoms with Gasteiger partial charge in [0.05, 0.1) is 12.0 Å². The lowest BCUT2D eigenvalue weighted by Crippen LogP contribution is -2.27. The van der Waals surface area contributed by atoms with Gasteiger partial charge in [0.15, 0.2) is 0 Å². The van der Waals surface area contributed by atoms with Crippen molar-refractivity contribution in [2.75, 3.05) is 19.0 Å². The van der Waals surface area contributed by atoms with Gasteiger partial charge in [0.1, 0.15) is 10.8 Å². The molecule has 0 saturated carbocycles. The third-order valence-electron chi connectivity index (χ3n) is 2.79. The van der Waals surface area contributed by atoms with Crippen molar-refractivity contribution in [3.8, 4) is 5.75 Å². The number of aromatic nitrogens is 2. The molecule has 0 fully saturated rings. The number of sulfonamides is 1. The molecule has 0 unspecified atom stereocenters. The second kappa shape index (κ2) is 7.49. The van der Waals surface area contributed by atoms with Crippen LogP contribution in [0.1, 0.15) is 11.4 Å². The van der Waals surface area contributed by atoms with Crippen LogP contribution in [0.2, 0.25) is 0 Å². The highest BCUT2D eigenvalue weighted by molar-refractivity contribution is 7.89. The van der Waals surface area contributed by atoms with Crippen molar-refractivity contribution >= 4 is 32.4 Å². The normalized spacial score (nSPS) is 11.2. The summed E-state index contributed by atoms with van der Waals surface area (Å²) in [6.07, 6.45) is -0.00594. The van der Waals surface area contributed by atoms with Gasteiger partial charge in [-0.1, -0.05) is 11.3 Å². The Hall–Kier alpha value is -2.04. The number of rotatable bonds is 7. The summed E-state index contributed by atoms with van der Waals surface area (Å²) in [4.78, 5) is 11.8. The Labute approximate surface area is 137 Å². The average molecular weight is 356 g/mol. The Bertz CT molecular complexity index is 772. The van der Waals surface area contributed by atoms with Crippen LogP contribution >= 0.6 is 11.3 Å². The third-order valence-corrected chi connectivity index (χ3v) is 5.02. The van der Waals surface area contributed by atoms with Gasteiger partial charge in [-0.05, 0) is 31.2 Å². The molecule has 1 amide bonds. The molecule has 23 heavy (non-hydrogen) atoms. The lowest BCUT2D eigenvalue weighted by Gasteiger charge is -2.07. The molecular formula is C13H16N4O4S2. The first kappa shape index (κ1) is 17.3. The van der Waals surface area contributed by atoms with Crippen LogP contribution in [0.4, 0.5) is 5.13 Å². The van der Waals surface area contributed by atoms with Gasteiger partial charge in [0.2, 0.25) is 21.1 Å². The molecule has 1 aromatic heterocycles. The molecule has 124 valence electrons. The Morgan fingerprint density at radius 2 is 1.96 bits per heavy atom. The van der Waals surface area contributed by atoms with Crippen LogP contribution in [0.5, 0.6) is 5.75 Å². The fourth-order valence-electron chi connectivity index (χ4n) is 1.67. The molecule has 0 spiro atoms. The van der Waals surface area contributed by atoms with E-state index in [1.165, 1.54) is 30.6 Å². The van der Waals surface area contributed by atoms with Crippen LogP contribution in [-0.4, -0.2) is 38.2 Å². The Balaban J connectivity index is 1.85. The third kappa shape index (κ3) is 4.98. The minimum Gasteiger partial charge on any atom is -0.497 e. The van der Waals surface area contributed by atoms with Gasteiger partial charge in [0.25, 0.3) is 0 Å². The van der Waals surface area contributed by atoms with Crippen LogP contribution < -0.4 is 14.8 Å². The van der Waals surface area contributed by atoms with Crippen molar-refractivity contribution < 1.29 is 17.9 Å². The zero-order chi connectivity index (χ0) is 16.9. The number of ether oxygens (including phenoxy) is 1. The molecule has 0 atom stereocenters. The second-order valence-corrected chi connectivity index (χ2v) is 7.45. The summed E-state index contributed by atoms with van der Waals surface area (Å²) >= 11 is 1.25. The van der Waals surface area contributed by atoms with Gasteiger partial charge in [0, 0.05) is 13.0 Å². The van der Waals surface area contributed by atoms with Crippen molar-refractivity contribution in [1.82, 2.24) is 14.9 Å². The number of nitrogens with zero attached hydrogens (tertiary/aromatic N) is 2. The Kier molecular flexibility index (Phi) is 5.64. The van der Waals surface area contributed by atoms with E-state index in [2.05, 4.69) is 20.2 Å². The standard InChI is InChI=1S/C13H16N4O4S2/c1-9-16-17-13(22-9)15-12(18)7-8-14-23(19,20)11-5-3-10(21-2)4-6-11/h3-6,14H,7-8H2,1-2H3,(H,15,17,18). The van der Waals surface area contributed by atoms with Crippen LogP contribution in [0, 0.1) is 6.92 Å². The number of anilines is 1. The molecule has 2 N–H and O–H groups in total. The summed E-state index contributed by atoms with van der Waals surface area (Å²) in [5.41, 5.74) is 0. The topological polar surface area (TPSA) is 110 Å². The van der Waals surface area contributed by atoms with E-state index in [1.54, 1.807) is 19.1 Å². The minimum absolute atomic E-state index is 0.00594. The monoisotopic (exact) mass is 356 g/mol. The van der Waals surface area contributed by atoms with E-state index in [9.17, 15) is 13.2 Å². The highest BCUT2D eigenvalue weighted by Crippen LogP contribution is 2.15. The highest BCUT2D eigenvalue weighted by Gasteiger charge is 2.14. The zero-order valence-corrected chi connectivity index (χ0v) is 14.2. The number of benzene rings is 1. The SMILES string of the molecule is COc1ccc(S(=O)(=O)NCCC(=O)Nc2nnc(C)s2)cc1.